The Morgan fingerprint density at radius 3 is 2.33 bits per heavy atom. The van der Waals surface area contributed by atoms with Gasteiger partial charge in [-0.2, -0.15) is 0 Å². The Morgan fingerprint density at radius 2 is 1.71 bits per heavy atom. The molecule has 0 spiro atoms. The molecule has 0 saturated carbocycles. The maximum absolute atomic E-state index is 11.3. The van der Waals surface area contributed by atoms with E-state index in [1.165, 1.54) is 38.5 Å². The number of hydrogen-bond acceptors (Lipinski definition) is 4. The van der Waals surface area contributed by atoms with Crippen LogP contribution in [0.4, 0.5) is 0 Å². The van der Waals surface area contributed by atoms with Crippen molar-refractivity contribution in [3.05, 3.63) is 0 Å². The number of unbranched alkanes of at least 4 members (excludes halogenated alkanes) is 5. The largest absolute Gasteiger partial charge is 0.463 e. The number of carbonyl (C=O) groups excluding carboxylic acids is 1. The van der Waals surface area contributed by atoms with Crippen LogP contribution in [0.2, 0.25) is 0 Å². The molecule has 1 rings (SSSR count). The Kier molecular flexibility index (Phi) is 9.68. The summed E-state index contributed by atoms with van der Waals surface area (Å²) < 4.78 is 10.6. The third-order valence-electron chi connectivity index (χ3n) is 3.88. The van der Waals surface area contributed by atoms with Gasteiger partial charge in [0, 0.05) is 6.42 Å². The molecule has 1 N–H and O–H groups in total. The summed E-state index contributed by atoms with van der Waals surface area (Å²) >= 11 is 0. The maximum Gasteiger partial charge on any atom is 0.305 e. The lowest BCUT2D eigenvalue weighted by atomic mass is 10.1. The standard InChI is InChI=1S/C17H32O4/c1-3-4-5-6-7-10-15-16(21-15)11-8-9-12-17(19)20-13-14(2)18/h14-16,18H,3-13H2,1-2H3. The van der Waals surface area contributed by atoms with Gasteiger partial charge in [0.25, 0.3) is 0 Å². The minimum atomic E-state index is -0.577. The summed E-state index contributed by atoms with van der Waals surface area (Å²) in [6.07, 6.45) is 11.5. The van der Waals surface area contributed by atoms with Crippen LogP contribution in [0, 0.1) is 0 Å². The number of carbonyl (C=O) groups is 1. The van der Waals surface area contributed by atoms with Crippen LogP contribution in [0.1, 0.15) is 78.1 Å². The highest BCUT2D eigenvalue weighted by Gasteiger charge is 2.36. The molecule has 124 valence electrons. The fourth-order valence-corrected chi connectivity index (χ4v) is 2.54. The Morgan fingerprint density at radius 1 is 1.10 bits per heavy atom. The Hall–Kier alpha value is -0.610. The van der Waals surface area contributed by atoms with Crippen molar-refractivity contribution in [1.29, 1.82) is 0 Å². The number of ether oxygens (including phenoxy) is 2. The van der Waals surface area contributed by atoms with E-state index in [0.29, 0.717) is 18.6 Å². The van der Waals surface area contributed by atoms with Crippen molar-refractivity contribution >= 4 is 5.97 Å². The molecular weight excluding hydrogens is 268 g/mol. The van der Waals surface area contributed by atoms with Crippen LogP contribution in [0.3, 0.4) is 0 Å². The van der Waals surface area contributed by atoms with Gasteiger partial charge in [-0.25, -0.2) is 0 Å². The van der Waals surface area contributed by atoms with Gasteiger partial charge in [-0.1, -0.05) is 45.4 Å². The zero-order chi connectivity index (χ0) is 15.5. The lowest BCUT2D eigenvalue weighted by Gasteiger charge is -2.06. The van der Waals surface area contributed by atoms with Gasteiger partial charge in [0.15, 0.2) is 0 Å². The lowest BCUT2D eigenvalue weighted by Crippen LogP contribution is -2.15. The second-order valence-electron chi connectivity index (χ2n) is 6.19. The van der Waals surface area contributed by atoms with Crippen LogP contribution in [-0.4, -0.2) is 36.0 Å². The van der Waals surface area contributed by atoms with Crippen LogP contribution in [-0.2, 0) is 14.3 Å². The Bertz CT molecular complexity index is 278. The third-order valence-corrected chi connectivity index (χ3v) is 3.88. The maximum atomic E-state index is 11.3. The summed E-state index contributed by atoms with van der Waals surface area (Å²) in [6, 6.07) is 0. The van der Waals surface area contributed by atoms with Crippen LogP contribution in [0.5, 0.6) is 0 Å². The van der Waals surface area contributed by atoms with Gasteiger partial charge >= 0.3 is 5.97 Å². The third kappa shape index (κ3) is 9.86. The molecule has 0 radical (unpaired) electrons. The van der Waals surface area contributed by atoms with Crippen molar-refractivity contribution in [2.75, 3.05) is 6.61 Å². The highest BCUT2D eigenvalue weighted by molar-refractivity contribution is 5.69. The summed E-state index contributed by atoms with van der Waals surface area (Å²) in [5, 5.41) is 9.01. The highest BCUT2D eigenvalue weighted by atomic mass is 16.6. The molecule has 0 aromatic heterocycles. The van der Waals surface area contributed by atoms with Gasteiger partial charge in [0.1, 0.15) is 6.61 Å². The second-order valence-corrected chi connectivity index (χ2v) is 6.19. The van der Waals surface area contributed by atoms with Crippen molar-refractivity contribution in [2.24, 2.45) is 0 Å². The molecular formula is C17H32O4. The summed E-state index contributed by atoms with van der Waals surface area (Å²) in [7, 11) is 0. The first-order valence-corrected chi connectivity index (χ1v) is 8.62. The van der Waals surface area contributed by atoms with E-state index in [2.05, 4.69) is 6.92 Å². The molecule has 1 aliphatic rings. The summed E-state index contributed by atoms with van der Waals surface area (Å²) in [5.41, 5.74) is 0. The summed E-state index contributed by atoms with van der Waals surface area (Å²) in [5.74, 6) is -0.208. The number of aliphatic hydroxyl groups is 1. The van der Waals surface area contributed by atoms with Gasteiger partial charge < -0.3 is 14.6 Å². The number of rotatable bonds is 13. The molecule has 1 fully saturated rings. The molecule has 3 atom stereocenters. The first kappa shape index (κ1) is 18.4. The normalized spacial score (nSPS) is 22.0. The molecule has 4 heteroatoms. The zero-order valence-electron chi connectivity index (χ0n) is 13.7. The molecule has 1 aliphatic heterocycles. The fourth-order valence-electron chi connectivity index (χ4n) is 2.54. The molecule has 0 aromatic rings. The van der Waals surface area contributed by atoms with Crippen molar-refractivity contribution < 1.29 is 19.4 Å². The minimum Gasteiger partial charge on any atom is -0.463 e. The molecule has 0 aromatic carbocycles. The first-order chi connectivity index (χ1) is 10.1. The van der Waals surface area contributed by atoms with E-state index in [0.717, 1.165) is 19.3 Å². The van der Waals surface area contributed by atoms with Gasteiger partial charge in [-0.05, 0) is 26.2 Å². The number of aliphatic hydroxyl groups excluding tert-OH is 1. The smallest absolute Gasteiger partial charge is 0.305 e. The molecule has 3 unspecified atom stereocenters. The Balaban J connectivity index is 1.86. The molecule has 1 saturated heterocycles. The monoisotopic (exact) mass is 300 g/mol. The number of epoxide rings is 1. The molecule has 1 heterocycles. The van der Waals surface area contributed by atoms with Gasteiger partial charge in [0.2, 0.25) is 0 Å². The van der Waals surface area contributed by atoms with E-state index in [4.69, 9.17) is 14.6 Å². The van der Waals surface area contributed by atoms with Crippen molar-refractivity contribution in [3.63, 3.8) is 0 Å². The predicted molar refractivity (Wildman–Crippen MR) is 83.1 cm³/mol. The van der Waals surface area contributed by atoms with Crippen LogP contribution >= 0.6 is 0 Å². The SMILES string of the molecule is CCCCCCCC1OC1CCCCC(=O)OCC(C)O. The minimum absolute atomic E-state index is 0.102. The van der Waals surface area contributed by atoms with Crippen LogP contribution in [0.25, 0.3) is 0 Å². The predicted octanol–water partition coefficient (Wildman–Crippen LogP) is 3.60. The van der Waals surface area contributed by atoms with Crippen LogP contribution < -0.4 is 0 Å². The second kappa shape index (κ2) is 11.0. The lowest BCUT2D eigenvalue weighted by molar-refractivity contribution is -0.146. The molecule has 4 nitrogen and oxygen atoms in total. The van der Waals surface area contributed by atoms with Crippen molar-refractivity contribution in [3.8, 4) is 0 Å². The average Bonchev–Trinajstić information content (AvgIpc) is 3.19. The van der Waals surface area contributed by atoms with Crippen LogP contribution in [0.15, 0.2) is 0 Å². The molecule has 0 aliphatic carbocycles. The first-order valence-electron chi connectivity index (χ1n) is 8.62. The zero-order valence-corrected chi connectivity index (χ0v) is 13.7. The van der Waals surface area contributed by atoms with Gasteiger partial charge in [-0.15, -0.1) is 0 Å². The average molecular weight is 300 g/mol. The molecule has 0 amide bonds. The van der Waals surface area contributed by atoms with Gasteiger partial charge in [-0.3, -0.25) is 4.79 Å². The van der Waals surface area contributed by atoms with E-state index in [1.54, 1.807) is 6.92 Å². The molecule has 0 bridgehead atoms. The summed E-state index contributed by atoms with van der Waals surface area (Å²) in [4.78, 5) is 11.3. The van der Waals surface area contributed by atoms with E-state index >= 15 is 0 Å². The Labute approximate surface area is 129 Å². The van der Waals surface area contributed by atoms with Crippen molar-refractivity contribution in [2.45, 2.75) is 96.4 Å². The number of hydrogen-bond donors (Lipinski definition) is 1. The van der Waals surface area contributed by atoms with E-state index in [1.807, 2.05) is 0 Å². The quantitative estimate of drug-likeness (QED) is 0.321. The fraction of sp³-hybridized carbons (Fsp3) is 0.941. The van der Waals surface area contributed by atoms with Gasteiger partial charge in [0.05, 0.1) is 18.3 Å². The van der Waals surface area contributed by atoms with E-state index in [9.17, 15) is 4.79 Å². The van der Waals surface area contributed by atoms with E-state index < -0.39 is 6.10 Å². The van der Waals surface area contributed by atoms with E-state index in [-0.39, 0.29) is 12.6 Å². The summed E-state index contributed by atoms with van der Waals surface area (Å²) in [6.45, 7) is 3.95. The number of esters is 1. The topological polar surface area (TPSA) is 59.1 Å². The highest BCUT2D eigenvalue weighted by Crippen LogP contribution is 2.31. The van der Waals surface area contributed by atoms with Crippen molar-refractivity contribution in [1.82, 2.24) is 0 Å². The molecule has 21 heavy (non-hydrogen) atoms.